The van der Waals surface area contributed by atoms with E-state index in [1.54, 1.807) is 42.5 Å². The summed E-state index contributed by atoms with van der Waals surface area (Å²) in [5.74, 6) is -0.945. The molecule has 2 amide bonds. The number of carbonyl (C=O) groups excluding carboxylic acids is 2. The summed E-state index contributed by atoms with van der Waals surface area (Å²) in [5, 5.41) is 30.1. The molecule has 0 radical (unpaired) electrons. The molecular formula is C20H17NO7S. The number of ether oxygens (including phenoxy) is 2. The number of nitrogens with zero attached hydrogens (tertiary/aromatic N) is 1. The molecule has 2 aromatic carbocycles. The van der Waals surface area contributed by atoms with Gasteiger partial charge in [-0.3, -0.25) is 14.5 Å². The third-order valence-electron chi connectivity index (χ3n) is 4.93. The zero-order valence-corrected chi connectivity index (χ0v) is 15.7. The van der Waals surface area contributed by atoms with Crippen molar-refractivity contribution >= 4 is 29.1 Å². The lowest BCUT2D eigenvalue weighted by Crippen LogP contribution is -2.67. The second kappa shape index (κ2) is 7.53. The number of hydrogen-bond acceptors (Lipinski definition) is 7. The van der Waals surface area contributed by atoms with E-state index in [1.807, 2.05) is 0 Å². The quantitative estimate of drug-likeness (QED) is 0.502. The van der Waals surface area contributed by atoms with Crippen LogP contribution in [0.1, 0.15) is 20.7 Å². The predicted octanol–water partition coefficient (Wildman–Crippen LogP) is 1.06. The van der Waals surface area contributed by atoms with E-state index < -0.39 is 47.5 Å². The molecule has 29 heavy (non-hydrogen) atoms. The summed E-state index contributed by atoms with van der Waals surface area (Å²) >= 11 is 4.70. The molecule has 0 saturated carbocycles. The van der Waals surface area contributed by atoms with Crippen LogP contribution in [0.2, 0.25) is 0 Å². The smallest absolute Gasteiger partial charge is 0.262 e. The van der Waals surface area contributed by atoms with Crippen LogP contribution in [0.3, 0.4) is 0 Å². The van der Waals surface area contributed by atoms with Crippen molar-refractivity contribution in [1.29, 1.82) is 0 Å². The minimum atomic E-state index is -1.67. The monoisotopic (exact) mass is 415 g/mol. The van der Waals surface area contributed by atoms with E-state index in [0.29, 0.717) is 5.75 Å². The first-order valence-corrected chi connectivity index (χ1v) is 9.24. The minimum Gasteiger partial charge on any atom is -0.500 e. The van der Waals surface area contributed by atoms with Crippen molar-refractivity contribution < 1.29 is 34.4 Å². The molecule has 3 N–H and O–H groups in total. The lowest BCUT2D eigenvalue weighted by molar-refractivity contribution is -0.232. The van der Waals surface area contributed by atoms with Crippen molar-refractivity contribution in [2.75, 3.05) is 0 Å². The molecule has 0 unspecified atom stereocenters. The molecule has 9 heteroatoms. The van der Waals surface area contributed by atoms with Gasteiger partial charge in [-0.25, -0.2) is 0 Å². The minimum absolute atomic E-state index is 0.178. The first-order chi connectivity index (χ1) is 13.9. The maximum Gasteiger partial charge on any atom is 0.262 e. The zero-order chi connectivity index (χ0) is 20.7. The van der Waals surface area contributed by atoms with E-state index >= 15 is 0 Å². The Morgan fingerprint density at radius 3 is 2.03 bits per heavy atom. The molecule has 0 spiro atoms. The molecule has 4 rings (SSSR count). The Hall–Kier alpha value is -2.85. The summed E-state index contributed by atoms with van der Waals surface area (Å²) in [6.07, 6.45) is -6.15. The third-order valence-corrected chi connectivity index (χ3v) is 5.16. The Balaban J connectivity index is 1.73. The Morgan fingerprint density at radius 1 is 0.931 bits per heavy atom. The molecule has 0 aliphatic carbocycles. The van der Waals surface area contributed by atoms with E-state index in [0.717, 1.165) is 4.90 Å². The molecule has 5 atom stereocenters. The van der Waals surface area contributed by atoms with Crippen molar-refractivity contribution in [3.63, 3.8) is 0 Å². The molecule has 2 aliphatic heterocycles. The average molecular weight is 415 g/mol. The number of imide groups is 1. The average Bonchev–Trinajstić information content (AvgIpc) is 2.96. The first-order valence-electron chi connectivity index (χ1n) is 8.83. The van der Waals surface area contributed by atoms with Gasteiger partial charge >= 0.3 is 0 Å². The zero-order valence-electron chi connectivity index (χ0n) is 14.9. The summed E-state index contributed by atoms with van der Waals surface area (Å²) in [6, 6.07) is 13.3. The van der Waals surface area contributed by atoms with Gasteiger partial charge in [-0.1, -0.05) is 30.3 Å². The van der Waals surface area contributed by atoms with Crippen molar-refractivity contribution in [3.8, 4) is 5.75 Å². The fraction of sp³-hybridized carbons (Fsp3) is 0.250. The van der Waals surface area contributed by atoms with Gasteiger partial charge in [-0.05, 0) is 36.5 Å². The number of fused-ring (bicyclic) bond motifs is 1. The predicted molar refractivity (Wildman–Crippen MR) is 104 cm³/mol. The normalized spacial score (nSPS) is 28.9. The Bertz CT molecular complexity index is 931. The number of para-hydroxylation sites is 1. The second-order valence-electron chi connectivity index (χ2n) is 6.69. The number of aliphatic hydroxyl groups is 3. The Morgan fingerprint density at radius 2 is 1.48 bits per heavy atom. The molecule has 0 aromatic heterocycles. The number of hydrogen-bond donors (Lipinski definition) is 3. The molecular weight excluding hydrogens is 398 g/mol. The van der Waals surface area contributed by atoms with Crippen LogP contribution in [0.25, 0.3) is 0 Å². The van der Waals surface area contributed by atoms with Crippen molar-refractivity contribution in [3.05, 3.63) is 65.7 Å². The SMILES string of the molecule is O=C1c2ccccc2C(=O)N1[C@H]1[C@@H](Oc2ccccc2)O[C@H](C(O)=S)[C@@H](O)[C@@H]1O. The molecule has 2 aromatic rings. The maximum absolute atomic E-state index is 12.9. The lowest BCUT2D eigenvalue weighted by Gasteiger charge is -2.44. The van der Waals surface area contributed by atoms with Crippen LogP contribution in [0, 0.1) is 0 Å². The van der Waals surface area contributed by atoms with Gasteiger partial charge in [-0.15, -0.1) is 0 Å². The number of aliphatic hydroxyl groups excluding tert-OH is 3. The molecule has 1 fully saturated rings. The fourth-order valence-electron chi connectivity index (χ4n) is 3.54. The summed E-state index contributed by atoms with van der Waals surface area (Å²) in [5.41, 5.74) is 0.356. The first kappa shape index (κ1) is 19.5. The maximum atomic E-state index is 12.9. The van der Waals surface area contributed by atoms with Crippen LogP contribution in [-0.2, 0) is 4.74 Å². The van der Waals surface area contributed by atoms with Gasteiger partial charge in [0.25, 0.3) is 11.8 Å². The molecule has 0 bridgehead atoms. The number of rotatable bonds is 4. The Labute approximate surface area is 170 Å². The highest BCUT2D eigenvalue weighted by molar-refractivity contribution is 7.80. The second-order valence-corrected chi connectivity index (χ2v) is 7.11. The summed E-state index contributed by atoms with van der Waals surface area (Å²) in [6.45, 7) is 0. The summed E-state index contributed by atoms with van der Waals surface area (Å²) in [7, 11) is 0. The fourth-order valence-corrected chi connectivity index (χ4v) is 3.73. The Kier molecular flexibility index (Phi) is 5.05. The summed E-state index contributed by atoms with van der Waals surface area (Å²) < 4.78 is 11.4. The van der Waals surface area contributed by atoms with Crippen LogP contribution in [0.5, 0.6) is 5.75 Å². The van der Waals surface area contributed by atoms with E-state index in [-0.39, 0.29) is 11.1 Å². The number of thiocarbonyl (C=S) groups is 1. The number of benzene rings is 2. The van der Waals surface area contributed by atoms with Crippen molar-refractivity contribution in [2.45, 2.75) is 30.6 Å². The van der Waals surface area contributed by atoms with Gasteiger partial charge in [-0.2, -0.15) is 0 Å². The molecule has 150 valence electrons. The standard InChI is InChI=1S/C20H17NO7S/c22-14-13(21-17(24)11-8-4-5-9-12(11)18(21)25)20(27-10-6-2-1-3-7-10)28-16(15(14)23)19(26)29/h1-9,13-16,20,22-23H,(H,26,29)/t13-,14-,15+,16+,20+/m1/s1. The van der Waals surface area contributed by atoms with Gasteiger partial charge in [0, 0.05) is 0 Å². The molecule has 2 aliphatic rings. The highest BCUT2D eigenvalue weighted by atomic mass is 32.1. The van der Waals surface area contributed by atoms with Crippen LogP contribution < -0.4 is 4.74 Å². The van der Waals surface area contributed by atoms with Crippen LogP contribution in [0.4, 0.5) is 0 Å². The highest BCUT2D eigenvalue weighted by Crippen LogP contribution is 2.33. The van der Waals surface area contributed by atoms with E-state index in [1.165, 1.54) is 12.1 Å². The van der Waals surface area contributed by atoms with Gasteiger partial charge in [0.1, 0.15) is 24.0 Å². The summed E-state index contributed by atoms with van der Waals surface area (Å²) in [4.78, 5) is 26.6. The number of carbonyl (C=O) groups is 2. The van der Waals surface area contributed by atoms with Crippen LogP contribution >= 0.6 is 12.2 Å². The highest BCUT2D eigenvalue weighted by Gasteiger charge is 2.54. The van der Waals surface area contributed by atoms with Gasteiger partial charge in [0.05, 0.1) is 11.1 Å². The van der Waals surface area contributed by atoms with Crippen LogP contribution in [0.15, 0.2) is 54.6 Å². The molecule has 8 nitrogen and oxygen atoms in total. The number of amides is 2. The lowest BCUT2D eigenvalue weighted by atomic mass is 9.95. The van der Waals surface area contributed by atoms with Gasteiger partial charge in [0.2, 0.25) is 6.29 Å². The van der Waals surface area contributed by atoms with Crippen molar-refractivity contribution in [2.24, 2.45) is 0 Å². The van der Waals surface area contributed by atoms with Crippen molar-refractivity contribution in [1.82, 2.24) is 4.90 Å². The van der Waals surface area contributed by atoms with E-state index in [9.17, 15) is 24.9 Å². The van der Waals surface area contributed by atoms with E-state index in [4.69, 9.17) is 21.7 Å². The van der Waals surface area contributed by atoms with E-state index in [2.05, 4.69) is 0 Å². The van der Waals surface area contributed by atoms with Crippen LogP contribution in [-0.4, -0.2) is 67.7 Å². The largest absolute Gasteiger partial charge is 0.500 e. The molecule has 1 saturated heterocycles. The topological polar surface area (TPSA) is 117 Å². The molecule has 2 heterocycles. The van der Waals surface area contributed by atoms with Gasteiger partial charge in [0.15, 0.2) is 11.2 Å². The van der Waals surface area contributed by atoms with Gasteiger partial charge < -0.3 is 24.8 Å². The third kappa shape index (κ3) is 3.28.